The molecule has 1 aliphatic carbocycles. The van der Waals surface area contributed by atoms with Gasteiger partial charge >= 0.3 is 0 Å². The lowest BCUT2D eigenvalue weighted by molar-refractivity contribution is 0.392. The SMILES string of the molecule is COc1c(Cl)c2c(c(C)c1C(C)(C)N)CCCC2. The molecule has 0 aromatic heterocycles. The van der Waals surface area contributed by atoms with Crippen LogP contribution in [-0.2, 0) is 18.4 Å². The highest BCUT2D eigenvalue weighted by Crippen LogP contribution is 2.44. The first kappa shape index (κ1) is 13.7. The molecule has 0 amide bonds. The van der Waals surface area contributed by atoms with Gasteiger partial charge in [-0.25, -0.2) is 0 Å². The van der Waals surface area contributed by atoms with E-state index in [1.54, 1.807) is 7.11 Å². The molecule has 1 aromatic carbocycles. The minimum atomic E-state index is -0.439. The van der Waals surface area contributed by atoms with Crippen LogP contribution in [0.15, 0.2) is 0 Å². The van der Waals surface area contributed by atoms with Crippen LogP contribution in [0.2, 0.25) is 5.02 Å². The molecule has 3 heteroatoms. The number of hydrogen-bond donors (Lipinski definition) is 1. The highest BCUT2D eigenvalue weighted by molar-refractivity contribution is 6.33. The monoisotopic (exact) mass is 267 g/mol. The Hall–Kier alpha value is -0.730. The van der Waals surface area contributed by atoms with Crippen LogP contribution < -0.4 is 10.5 Å². The van der Waals surface area contributed by atoms with E-state index >= 15 is 0 Å². The second-order valence-electron chi connectivity index (χ2n) is 5.73. The van der Waals surface area contributed by atoms with E-state index in [-0.39, 0.29) is 0 Å². The number of benzene rings is 1. The number of methoxy groups -OCH3 is 1. The first-order chi connectivity index (χ1) is 8.38. The van der Waals surface area contributed by atoms with E-state index in [0.29, 0.717) is 0 Å². The summed E-state index contributed by atoms with van der Waals surface area (Å²) in [6.45, 7) is 6.15. The summed E-state index contributed by atoms with van der Waals surface area (Å²) in [6.07, 6.45) is 4.60. The van der Waals surface area contributed by atoms with Crippen LogP contribution in [-0.4, -0.2) is 7.11 Å². The average Bonchev–Trinajstić information content (AvgIpc) is 2.32. The first-order valence-corrected chi connectivity index (χ1v) is 6.93. The van der Waals surface area contributed by atoms with Crippen LogP contribution in [0.25, 0.3) is 0 Å². The summed E-state index contributed by atoms with van der Waals surface area (Å²) >= 11 is 6.53. The van der Waals surface area contributed by atoms with Gasteiger partial charge < -0.3 is 10.5 Å². The number of halogens is 1. The molecule has 0 spiro atoms. The fourth-order valence-electron chi connectivity index (χ4n) is 3.10. The van der Waals surface area contributed by atoms with Gasteiger partial charge in [0, 0.05) is 11.1 Å². The van der Waals surface area contributed by atoms with Crippen molar-refractivity contribution in [1.82, 2.24) is 0 Å². The van der Waals surface area contributed by atoms with Gasteiger partial charge in [0.2, 0.25) is 0 Å². The van der Waals surface area contributed by atoms with E-state index in [4.69, 9.17) is 22.1 Å². The number of ether oxygens (including phenoxy) is 1. The Kier molecular flexibility index (Phi) is 3.61. The highest BCUT2D eigenvalue weighted by Gasteiger charge is 2.29. The van der Waals surface area contributed by atoms with Crippen molar-refractivity contribution in [2.75, 3.05) is 7.11 Å². The van der Waals surface area contributed by atoms with Gasteiger partial charge in [-0.3, -0.25) is 0 Å². The second-order valence-corrected chi connectivity index (χ2v) is 6.11. The molecule has 0 saturated heterocycles. The lowest BCUT2D eigenvalue weighted by Crippen LogP contribution is -2.31. The quantitative estimate of drug-likeness (QED) is 0.886. The maximum Gasteiger partial charge on any atom is 0.143 e. The van der Waals surface area contributed by atoms with Gasteiger partial charge in [0.1, 0.15) is 5.75 Å². The van der Waals surface area contributed by atoms with Crippen molar-refractivity contribution in [3.05, 3.63) is 27.3 Å². The maximum absolute atomic E-state index is 6.53. The molecule has 0 fully saturated rings. The summed E-state index contributed by atoms with van der Waals surface area (Å²) in [5.74, 6) is 0.766. The van der Waals surface area contributed by atoms with Crippen molar-refractivity contribution in [1.29, 1.82) is 0 Å². The molecular formula is C15H22ClNO. The third-order valence-electron chi connectivity index (χ3n) is 3.84. The van der Waals surface area contributed by atoms with Crippen molar-refractivity contribution >= 4 is 11.6 Å². The van der Waals surface area contributed by atoms with Crippen molar-refractivity contribution in [3.63, 3.8) is 0 Å². The smallest absolute Gasteiger partial charge is 0.143 e. The van der Waals surface area contributed by atoms with Crippen LogP contribution in [0.4, 0.5) is 0 Å². The molecule has 1 aromatic rings. The predicted octanol–water partition coefficient (Wildman–Crippen LogP) is 3.73. The Morgan fingerprint density at radius 2 is 1.72 bits per heavy atom. The molecule has 0 bridgehead atoms. The van der Waals surface area contributed by atoms with Crippen LogP contribution in [0.5, 0.6) is 5.75 Å². The molecule has 2 rings (SSSR count). The van der Waals surface area contributed by atoms with Gasteiger partial charge in [-0.15, -0.1) is 0 Å². The minimum absolute atomic E-state index is 0.439. The third kappa shape index (κ3) is 2.12. The molecule has 0 unspecified atom stereocenters. The number of rotatable bonds is 2. The van der Waals surface area contributed by atoms with Crippen LogP contribution in [0, 0.1) is 6.92 Å². The standard InChI is InChI=1S/C15H22ClNO/c1-9-10-7-5-6-8-11(10)13(16)14(18-4)12(9)15(2,3)17/h5-8,17H2,1-4H3. The Morgan fingerprint density at radius 3 is 2.22 bits per heavy atom. The van der Waals surface area contributed by atoms with Crippen molar-refractivity contribution in [2.24, 2.45) is 5.73 Å². The van der Waals surface area contributed by atoms with E-state index in [2.05, 4.69) is 6.92 Å². The van der Waals surface area contributed by atoms with Gasteiger partial charge in [-0.2, -0.15) is 0 Å². The first-order valence-electron chi connectivity index (χ1n) is 6.55. The Bertz CT molecular complexity index is 475. The Labute approximate surface area is 114 Å². The van der Waals surface area contributed by atoms with E-state index < -0.39 is 5.54 Å². The lowest BCUT2D eigenvalue weighted by Gasteiger charge is -2.30. The van der Waals surface area contributed by atoms with E-state index in [0.717, 1.165) is 29.2 Å². The molecule has 2 N–H and O–H groups in total. The summed E-state index contributed by atoms with van der Waals surface area (Å²) in [5.41, 5.74) is 10.8. The predicted molar refractivity (Wildman–Crippen MR) is 76.6 cm³/mol. The molecule has 0 radical (unpaired) electrons. The van der Waals surface area contributed by atoms with Gasteiger partial charge in [0.05, 0.1) is 12.1 Å². The summed E-state index contributed by atoms with van der Waals surface area (Å²) in [4.78, 5) is 0. The lowest BCUT2D eigenvalue weighted by atomic mass is 9.81. The zero-order valence-electron chi connectivity index (χ0n) is 11.7. The van der Waals surface area contributed by atoms with Crippen LogP contribution >= 0.6 is 11.6 Å². The van der Waals surface area contributed by atoms with Crippen molar-refractivity contribution in [3.8, 4) is 5.75 Å². The fraction of sp³-hybridized carbons (Fsp3) is 0.600. The molecule has 2 nitrogen and oxygen atoms in total. The molecule has 0 heterocycles. The zero-order chi connectivity index (χ0) is 13.5. The molecule has 0 aliphatic heterocycles. The summed E-state index contributed by atoms with van der Waals surface area (Å²) in [6, 6.07) is 0. The van der Waals surface area contributed by atoms with E-state index in [1.165, 1.54) is 29.5 Å². The number of fused-ring (bicyclic) bond motifs is 1. The van der Waals surface area contributed by atoms with Gasteiger partial charge in [0.25, 0.3) is 0 Å². The second kappa shape index (κ2) is 4.75. The molecule has 0 saturated carbocycles. The van der Waals surface area contributed by atoms with Gasteiger partial charge in [0.15, 0.2) is 0 Å². The zero-order valence-corrected chi connectivity index (χ0v) is 12.4. The summed E-state index contributed by atoms with van der Waals surface area (Å²) in [7, 11) is 1.67. The Balaban J connectivity index is 2.77. The summed E-state index contributed by atoms with van der Waals surface area (Å²) < 4.78 is 5.54. The van der Waals surface area contributed by atoms with Crippen molar-refractivity contribution < 1.29 is 4.74 Å². The molecular weight excluding hydrogens is 246 g/mol. The minimum Gasteiger partial charge on any atom is -0.495 e. The van der Waals surface area contributed by atoms with Crippen LogP contribution in [0.3, 0.4) is 0 Å². The normalized spacial score (nSPS) is 15.4. The van der Waals surface area contributed by atoms with Crippen LogP contribution in [0.1, 0.15) is 48.9 Å². The number of nitrogens with two attached hydrogens (primary N) is 1. The van der Waals surface area contributed by atoms with E-state index in [1.807, 2.05) is 13.8 Å². The van der Waals surface area contributed by atoms with E-state index in [9.17, 15) is 0 Å². The van der Waals surface area contributed by atoms with Gasteiger partial charge in [-0.05, 0) is 63.1 Å². The molecule has 18 heavy (non-hydrogen) atoms. The summed E-state index contributed by atoms with van der Waals surface area (Å²) in [5, 5.41) is 0.770. The van der Waals surface area contributed by atoms with Gasteiger partial charge in [-0.1, -0.05) is 11.6 Å². The molecule has 100 valence electrons. The van der Waals surface area contributed by atoms with Crippen molar-refractivity contribution in [2.45, 2.75) is 52.0 Å². The molecule has 0 atom stereocenters. The number of hydrogen-bond acceptors (Lipinski definition) is 2. The largest absolute Gasteiger partial charge is 0.495 e. The average molecular weight is 268 g/mol. The topological polar surface area (TPSA) is 35.2 Å². The fourth-order valence-corrected chi connectivity index (χ4v) is 3.48. The maximum atomic E-state index is 6.53. The Morgan fingerprint density at radius 1 is 1.17 bits per heavy atom. The highest BCUT2D eigenvalue weighted by atomic mass is 35.5. The third-order valence-corrected chi connectivity index (χ3v) is 4.24. The molecule has 1 aliphatic rings.